The minimum Gasteiger partial charge on any atom is -0.464 e. The molecule has 0 bridgehead atoms. The smallest absolute Gasteiger partial charge is 0.322 e. The van der Waals surface area contributed by atoms with E-state index in [0.717, 1.165) is 5.69 Å². The van der Waals surface area contributed by atoms with Gasteiger partial charge in [0.1, 0.15) is 0 Å². The largest absolute Gasteiger partial charge is 0.464 e. The molecule has 2 heterocycles. The first kappa shape index (κ1) is 11.6. The Bertz CT molecular complexity index is 514. The van der Waals surface area contributed by atoms with Gasteiger partial charge in [-0.05, 0) is 18.5 Å². The number of aryl methyl sites for hydroxylation is 1. The SMILES string of the molecule is CCOc1nc(Cl)nc(Nc2cnn(C)c2)n1. The van der Waals surface area contributed by atoms with Gasteiger partial charge in [0.05, 0.1) is 18.5 Å². The maximum atomic E-state index is 5.75. The van der Waals surface area contributed by atoms with E-state index in [2.05, 4.69) is 25.4 Å². The van der Waals surface area contributed by atoms with Crippen LogP contribution in [-0.4, -0.2) is 31.3 Å². The molecule has 0 fully saturated rings. The summed E-state index contributed by atoms with van der Waals surface area (Å²) in [5, 5.41) is 7.05. The van der Waals surface area contributed by atoms with E-state index in [1.54, 1.807) is 17.1 Å². The summed E-state index contributed by atoms with van der Waals surface area (Å²) in [6.45, 7) is 2.30. The molecule has 0 aliphatic rings. The van der Waals surface area contributed by atoms with Gasteiger partial charge in [-0.1, -0.05) is 0 Å². The Morgan fingerprint density at radius 3 is 2.88 bits per heavy atom. The first-order valence-electron chi connectivity index (χ1n) is 4.97. The number of nitrogens with one attached hydrogen (secondary N) is 1. The topological polar surface area (TPSA) is 77.8 Å². The van der Waals surface area contributed by atoms with Crippen LogP contribution in [-0.2, 0) is 7.05 Å². The second-order valence-electron chi connectivity index (χ2n) is 3.17. The van der Waals surface area contributed by atoms with E-state index in [0.29, 0.717) is 12.6 Å². The summed E-state index contributed by atoms with van der Waals surface area (Å²) < 4.78 is 6.82. The van der Waals surface area contributed by atoms with Crippen molar-refractivity contribution in [2.24, 2.45) is 7.05 Å². The molecule has 0 aliphatic carbocycles. The molecule has 0 unspecified atom stereocenters. The number of hydrogen-bond acceptors (Lipinski definition) is 6. The van der Waals surface area contributed by atoms with Gasteiger partial charge < -0.3 is 10.1 Å². The number of ether oxygens (including phenoxy) is 1. The molecular formula is C9H11ClN6O. The summed E-state index contributed by atoms with van der Waals surface area (Å²) in [4.78, 5) is 11.8. The highest BCUT2D eigenvalue weighted by Gasteiger charge is 2.06. The Morgan fingerprint density at radius 1 is 1.41 bits per heavy atom. The molecule has 2 rings (SSSR count). The Kier molecular flexibility index (Phi) is 3.38. The van der Waals surface area contributed by atoms with Crippen LogP contribution in [0.5, 0.6) is 6.01 Å². The molecule has 0 amide bonds. The van der Waals surface area contributed by atoms with Crippen molar-refractivity contribution >= 4 is 23.2 Å². The third-order valence-corrected chi connectivity index (χ3v) is 1.99. The summed E-state index contributed by atoms with van der Waals surface area (Å²) in [7, 11) is 1.82. The van der Waals surface area contributed by atoms with Gasteiger partial charge in [-0.2, -0.15) is 20.1 Å². The van der Waals surface area contributed by atoms with E-state index in [9.17, 15) is 0 Å². The summed E-state index contributed by atoms with van der Waals surface area (Å²) in [5.41, 5.74) is 0.761. The van der Waals surface area contributed by atoms with E-state index in [1.165, 1.54) is 0 Å². The van der Waals surface area contributed by atoms with Gasteiger partial charge in [-0.25, -0.2) is 0 Å². The van der Waals surface area contributed by atoms with Crippen LogP contribution >= 0.6 is 11.6 Å². The number of anilines is 2. The molecule has 90 valence electrons. The van der Waals surface area contributed by atoms with Gasteiger partial charge in [-0.15, -0.1) is 0 Å². The molecule has 2 aromatic heterocycles. The monoisotopic (exact) mass is 254 g/mol. The quantitative estimate of drug-likeness (QED) is 0.889. The summed E-state index contributed by atoms with van der Waals surface area (Å²) in [6.07, 6.45) is 3.44. The van der Waals surface area contributed by atoms with Crippen molar-refractivity contribution < 1.29 is 4.74 Å². The van der Waals surface area contributed by atoms with Crippen LogP contribution < -0.4 is 10.1 Å². The van der Waals surface area contributed by atoms with Crippen molar-refractivity contribution in [3.05, 3.63) is 17.7 Å². The number of hydrogen-bond donors (Lipinski definition) is 1. The van der Waals surface area contributed by atoms with Gasteiger partial charge in [0.25, 0.3) is 0 Å². The van der Waals surface area contributed by atoms with E-state index in [4.69, 9.17) is 16.3 Å². The Balaban J connectivity index is 2.20. The summed E-state index contributed by atoms with van der Waals surface area (Å²) in [5.74, 6) is 0.321. The van der Waals surface area contributed by atoms with Crippen molar-refractivity contribution in [1.82, 2.24) is 24.7 Å². The summed E-state index contributed by atoms with van der Waals surface area (Å²) >= 11 is 5.75. The molecule has 0 radical (unpaired) electrons. The molecule has 0 aromatic carbocycles. The highest BCUT2D eigenvalue weighted by Crippen LogP contribution is 2.15. The minimum atomic E-state index is 0.0786. The van der Waals surface area contributed by atoms with Crippen molar-refractivity contribution in [3.63, 3.8) is 0 Å². The van der Waals surface area contributed by atoms with Gasteiger partial charge >= 0.3 is 6.01 Å². The first-order valence-corrected chi connectivity index (χ1v) is 5.35. The predicted octanol–water partition coefficient (Wildman–Crippen LogP) is 1.40. The molecule has 8 heteroatoms. The third-order valence-electron chi connectivity index (χ3n) is 1.82. The van der Waals surface area contributed by atoms with E-state index < -0.39 is 0 Å². The Hall–Kier alpha value is -1.89. The normalized spacial score (nSPS) is 10.3. The van der Waals surface area contributed by atoms with Crippen LogP contribution in [0.3, 0.4) is 0 Å². The molecule has 0 atom stereocenters. The van der Waals surface area contributed by atoms with Crippen LogP contribution in [0.4, 0.5) is 11.6 Å². The second kappa shape index (κ2) is 4.96. The highest BCUT2D eigenvalue weighted by atomic mass is 35.5. The van der Waals surface area contributed by atoms with Crippen LogP contribution in [0.2, 0.25) is 5.28 Å². The maximum absolute atomic E-state index is 5.75. The van der Waals surface area contributed by atoms with Gasteiger partial charge in [0.15, 0.2) is 0 Å². The predicted molar refractivity (Wildman–Crippen MR) is 62.5 cm³/mol. The molecule has 0 aliphatic heterocycles. The van der Waals surface area contributed by atoms with E-state index in [1.807, 2.05) is 14.0 Å². The molecule has 17 heavy (non-hydrogen) atoms. The van der Waals surface area contributed by atoms with Gasteiger partial charge in [0.2, 0.25) is 11.2 Å². The van der Waals surface area contributed by atoms with E-state index >= 15 is 0 Å². The van der Waals surface area contributed by atoms with Crippen LogP contribution in [0.25, 0.3) is 0 Å². The number of halogens is 1. The first-order chi connectivity index (χ1) is 8.17. The van der Waals surface area contributed by atoms with Crippen LogP contribution in [0.1, 0.15) is 6.92 Å². The minimum absolute atomic E-state index is 0.0786. The molecule has 0 saturated heterocycles. The molecule has 0 saturated carbocycles. The number of rotatable bonds is 4. The number of nitrogens with zero attached hydrogens (tertiary/aromatic N) is 5. The average molecular weight is 255 g/mol. The molecule has 0 spiro atoms. The zero-order chi connectivity index (χ0) is 12.3. The fourth-order valence-corrected chi connectivity index (χ4v) is 1.35. The maximum Gasteiger partial charge on any atom is 0.322 e. The molecule has 2 aromatic rings. The zero-order valence-electron chi connectivity index (χ0n) is 9.38. The fourth-order valence-electron chi connectivity index (χ4n) is 1.20. The standard InChI is InChI=1S/C9H11ClN6O/c1-3-17-9-14-7(10)13-8(15-9)12-6-4-11-16(2)5-6/h4-5H,3H2,1-2H3,(H,12,13,14,15). The lowest BCUT2D eigenvalue weighted by Crippen LogP contribution is -2.03. The zero-order valence-corrected chi connectivity index (χ0v) is 10.1. The highest BCUT2D eigenvalue weighted by molar-refractivity contribution is 6.28. The van der Waals surface area contributed by atoms with Crippen molar-refractivity contribution in [1.29, 1.82) is 0 Å². The van der Waals surface area contributed by atoms with Gasteiger partial charge in [-0.3, -0.25) is 4.68 Å². The average Bonchev–Trinajstić information content (AvgIpc) is 2.63. The van der Waals surface area contributed by atoms with Crippen molar-refractivity contribution in [3.8, 4) is 6.01 Å². The second-order valence-corrected chi connectivity index (χ2v) is 3.51. The third kappa shape index (κ3) is 3.04. The molecule has 1 N–H and O–H groups in total. The van der Waals surface area contributed by atoms with Gasteiger partial charge in [0, 0.05) is 13.2 Å². The van der Waals surface area contributed by atoms with Crippen molar-refractivity contribution in [2.45, 2.75) is 6.92 Å². The fraction of sp³-hybridized carbons (Fsp3) is 0.333. The molecular weight excluding hydrogens is 244 g/mol. The van der Waals surface area contributed by atoms with E-state index in [-0.39, 0.29) is 11.3 Å². The summed E-state index contributed by atoms with van der Waals surface area (Å²) in [6, 6.07) is 0.193. The van der Waals surface area contributed by atoms with Crippen LogP contribution in [0, 0.1) is 0 Å². The number of aromatic nitrogens is 5. The van der Waals surface area contributed by atoms with Crippen molar-refractivity contribution in [2.75, 3.05) is 11.9 Å². The lowest BCUT2D eigenvalue weighted by molar-refractivity contribution is 0.312. The lowest BCUT2D eigenvalue weighted by Gasteiger charge is -2.04. The van der Waals surface area contributed by atoms with Crippen LogP contribution in [0.15, 0.2) is 12.4 Å². The molecule has 7 nitrogen and oxygen atoms in total. The Morgan fingerprint density at radius 2 is 2.24 bits per heavy atom. The Labute approximate surface area is 103 Å². The lowest BCUT2D eigenvalue weighted by atomic mass is 10.6.